The van der Waals surface area contributed by atoms with Gasteiger partial charge in [-0.2, -0.15) is 13.2 Å². The Kier molecular flexibility index (Phi) is 5.22. The van der Waals surface area contributed by atoms with Crippen molar-refractivity contribution in [1.82, 2.24) is 0 Å². The molecule has 0 saturated heterocycles. The van der Waals surface area contributed by atoms with Crippen LogP contribution in [0.25, 0.3) is 21.2 Å². The number of rotatable bonds is 5. The Bertz CT molecular complexity index is 1230. The lowest BCUT2D eigenvalue weighted by molar-refractivity contribution is -0.255. The van der Waals surface area contributed by atoms with Gasteiger partial charge in [0.05, 0.1) is 11.5 Å². The van der Waals surface area contributed by atoms with Crippen molar-refractivity contribution in [3.8, 4) is 11.1 Å². The molecule has 0 aliphatic carbocycles. The monoisotopic (exact) mass is 426 g/mol. The zero-order chi connectivity index (χ0) is 21.3. The molecule has 0 spiro atoms. The summed E-state index contributed by atoms with van der Waals surface area (Å²) in [6, 6.07) is 19.4. The fraction of sp³-hybridized carbons (Fsp3) is 0.0870. The van der Waals surface area contributed by atoms with Gasteiger partial charge in [-0.3, -0.25) is 0 Å². The van der Waals surface area contributed by atoms with Crippen LogP contribution >= 0.6 is 11.3 Å². The van der Waals surface area contributed by atoms with E-state index in [9.17, 15) is 23.1 Å². The lowest BCUT2D eigenvalue weighted by Gasteiger charge is -2.10. The van der Waals surface area contributed by atoms with E-state index >= 15 is 0 Å². The molecule has 3 aromatic carbocycles. The highest BCUT2D eigenvalue weighted by molar-refractivity contribution is 7.19. The Hall–Kier alpha value is -3.32. The Balaban J connectivity index is 1.61. The van der Waals surface area contributed by atoms with Crippen LogP contribution in [0.3, 0.4) is 0 Å². The number of benzene rings is 3. The van der Waals surface area contributed by atoms with E-state index in [2.05, 4.69) is 5.32 Å². The maximum absolute atomic E-state index is 12.9. The molecule has 7 heteroatoms. The molecule has 0 aliphatic rings. The number of aromatic carboxylic acids is 1. The molecule has 1 N–H and O–H groups in total. The molecule has 1 heterocycles. The number of carboxylic acids is 1. The summed E-state index contributed by atoms with van der Waals surface area (Å²) in [5.41, 5.74) is 1.46. The summed E-state index contributed by atoms with van der Waals surface area (Å²) in [5.74, 6) is -1.24. The minimum absolute atomic E-state index is 0.104. The molecule has 0 unspecified atom stereocenters. The second-order valence-corrected chi connectivity index (χ2v) is 7.87. The van der Waals surface area contributed by atoms with Gasteiger partial charge < -0.3 is 15.2 Å². The van der Waals surface area contributed by atoms with E-state index < -0.39 is 17.7 Å². The van der Waals surface area contributed by atoms with Gasteiger partial charge in [0, 0.05) is 21.8 Å². The lowest BCUT2D eigenvalue weighted by atomic mass is 10.0. The second kappa shape index (κ2) is 7.84. The van der Waals surface area contributed by atoms with Crippen molar-refractivity contribution in [2.45, 2.75) is 12.7 Å². The van der Waals surface area contributed by atoms with Crippen LogP contribution in [0.15, 0.2) is 72.8 Å². The van der Waals surface area contributed by atoms with Crippen LogP contribution in [0.2, 0.25) is 0 Å². The molecular formula is C23H15F3NO2S-. The molecule has 0 saturated carbocycles. The molecule has 0 fully saturated rings. The van der Waals surface area contributed by atoms with E-state index in [1.165, 1.54) is 23.5 Å². The molecule has 0 atom stereocenters. The van der Waals surface area contributed by atoms with Gasteiger partial charge in [0.1, 0.15) is 0 Å². The maximum atomic E-state index is 12.9. The molecule has 0 amide bonds. The van der Waals surface area contributed by atoms with Crippen molar-refractivity contribution in [3.63, 3.8) is 0 Å². The van der Waals surface area contributed by atoms with Crippen LogP contribution in [0.1, 0.15) is 20.8 Å². The van der Waals surface area contributed by atoms with Crippen molar-refractivity contribution in [3.05, 3.63) is 88.8 Å². The quantitative estimate of drug-likeness (QED) is 0.454. The van der Waals surface area contributed by atoms with Crippen LogP contribution in [-0.4, -0.2) is 5.97 Å². The highest BCUT2D eigenvalue weighted by atomic mass is 32.1. The standard InChI is InChI=1S/C23H16F3NO2S/c24-23(25,26)17-7-3-8-18(12-17)27-13-19-11-15-5-2-9-20(21(15)30-19)14-4-1-6-16(10-14)22(28)29/h1-12,27H,13H2,(H,28,29)/p-1. The van der Waals surface area contributed by atoms with Crippen molar-refractivity contribution >= 4 is 33.1 Å². The SMILES string of the molecule is O=C([O-])c1cccc(-c2cccc3cc(CNc4cccc(C(F)(F)F)c4)sc23)c1. The highest BCUT2D eigenvalue weighted by Crippen LogP contribution is 2.36. The summed E-state index contributed by atoms with van der Waals surface area (Å²) in [6.45, 7) is 0.374. The lowest BCUT2D eigenvalue weighted by Crippen LogP contribution is -2.22. The zero-order valence-electron chi connectivity index (χ0n) is 15.5. The zero-order valence-corrected chi connectivity index (χ0v) is 16.3. The molecule has 4 aromatic rings. The van der Waals surface area contributed by atoms with Crippen molar-refractivity contribution < 1.29 is 23.1 Å². The fourth-order valence-corrected chi connectivity index (χ4v) is 4.37. The van der Waals surface area contributed by atoms with E-state index in [-0.39, 0.29) is 5.56 Å². The first kappa shape index (κ1) is 20.0. The van der Waals surface area contributed by atoms with Gasteiger partial charge in [0.25, 0.3) is 0 Å². The van der Waals surface area contributed by atoms with Gasteiger partial charge in [-0.15, -0.1) is 11.3 Å². The first-order valence-electron chi connectivity index (χ1n) is 9.05. The molecule has 4 rings (SSSR count). The highest BCUT2D eigenvalue weighted by Gasteiger charge is 2.30. The molecule has 0 bridgehead atoms. The molecule has 30 heavy (non-hydrogen) atoms. The third-order valence-corrected chi connectivity index (χ3v) is 5.85. The summed E-state index contributed by atoms with van der Waals surface area (Å²) >= 11 is 1.51. The van der Waals surface area contributed by atoms with Crippen LogP contribution < -0.4 is 10.4 Å². The number of carbonyl (C=O) groups excluding carboxylic acids is 1. The van der Waals surface area contributed by atoms with Crippen molar-refractivity contribution in [1.29, 1.82) is 0 Å². The topological polar surface area (TPSA) is 52.2 Å². The Morgan fingerprint density at radius 2 is 1.73 bits per heavy atom. The molecule has 0 aliphatic heterocycles. The first-order valence-corrected chi connectivity index (χ1v) is 9.87. The predicted octanol–water partition coefficient (Wildman–Crippen LogP) is 5.56. The third-order valence-electron chi connectivity index (χ3n) is 4.66. The summed E-state index contributed by atoms with van der Waals surface area (Å²) in [7, 11) is 0. The minimum Gasteiger partial charge on any atom is -0.545 e. The summed E-state index contributed by atoms with van der Waals surface area (Å²) in [6.07, 6.45) is -4.38. The van der Waals surface area contributed by atoms with E-state index in [1.54, 1.807) is 18.2 Å². The van der Waals surface area contributed by atoms with Gasteiger partial charge >= 0.3 is 6.18 Å². The number of fused-ring (bicyclic) bond motifs is 1. The number of thiophene rings is 1. The molecular weight excluding hydrogens is 411 g/mol. The maximum Gasteiger partial charge on any atom is 0.416 e. The largest absolute Gasteiger partial charge is 0.545 e. The first-order chi connectivity index (χ1) is 14.3. The van der Waals surface area contributed by atoms with Gasteiger partial charge in [-0.25, -0.2) is 0 Å². The van der Waals surface area contributed by atoms with E-state index in [0.29, 0.717) is 12.2 Å². The number of anilines is 1. The van der Waals surface area contributed by atoms with Gasteiger partial charge in [-0.05, 0) is 52.4 Å². The molecule has 1 aromatic heterocycles. The van der Waals surface area contributed by atoms with Crippen molar-refractivity contribution in [2.75, 3.05) is 5.32 Å². The molecule has 0 radical (unpaired) electrons. The normalized spacial score (nSPS) is 11.6. The molecule has 3 nitrogen and oxygen atoms in total. The summed E-state index contributed by atoms with van der Waals surface area (Å²) < 4.78 is 39.6. The van der Waals surface area contributed by atoms with Gasteiger partial charge in [0.15, 0.2) is 0 Å². The third kappa shape index (κ3) is 4.16. The van der Waals surface area contributed by atoms with Gasteiger partial charge in [0.2, 0.25) is 0 Å². The van der Waals surface area contributed by atoms with E-state index in [0.717, 1.165) is 38.2 Å². The molecule has 152 valence electrons. The summed E-state index contributed by atoms with van der Waals surface area (Å²) in [5, 5.41) is 15.2. The smallest absolute Gasteiger partial charge is 0.416 e. The van der Waals surface area contributed by atoms with Crippen LogP contribution in [0.5, 0.6) is 0 Å². The van der Waals surface area contributed by atoms with Crippen LogP contribution in [0, 0.1) is 0 Å². The second-order valence-electron chi connectivity index (χ2n) is 6.74. The number of carbonyl (C=O) groups is 1. The number of hydrogen-bond donors (Lipinski definition) is 1. The Labute approximate surface area is 174 Å². The van der Waals surface area contributed by atoms with Crippen LogP contribution in [-0.2, 0) is 12.7 Å². The summed E-state index contributed by atoms with van der Waals surface area (Å²) in [4.78, 5) is 12.1. The number of nitrogens with one attached hydrogen (secondary N) is 1. The van der Waals surface area contributed by atoms with E-state index in [1.807, 2.05) is 30.3 Å². The van der Waals surface area contributed by atoms with E-state index in [4.69, 9.17) is 0 Å². The number of hydrogen-bond acceptors (Lipinski definition) is 4. The van der Waals surface area contributed by atoms with Crippen molar-refractivity contribution in [2.24, 2.45) is 0 Å². The Morgan fingerprint density at radius 1 is 0.967 bits per heavy atom. The van der Waals surface area contributed by atoms with Gasteiger partial charge in [-0.1, -0.05) is 42.5 Å². The number of alkyl halides is 3. The fourth-order valence-electron chi connectivity index (χ4n) is 3.24. The number of carboxylic acid groups (broad SMARTS) is 1. The average Bonchev–Trinajstić information content (AvgIpc) is 3.15. The van der Waals surface area contributed by atoms with Crippen LogP contribution in [0.4, 0.5) is 18.9 Å². The average molecular weight is 426 g/mol. The number of halogens is 3. The Morgan fingerprint density at radius 3 is 2.50 bits per heavy atom. The predicted molar refractivity (Wildman–Crippen MR) is 110 cm³/mol. The minimum atomic E-state index is -4.38.